The highest BCUT2D eigenvalue weighted by atomic mass is 16.7. The van der Waals surface area contributed by atoms with E-state index in [1.54, 1.807) is 6.92 Å². The first-order valence-corrected chi connectivity index (χ1v) is 12.1. The Morgan fingerprint density at radius 1 is 1.00 bits per heavy atom. The van der Waals surface area contributed by atoms with Gasteiger partial charge < -0.3 is 33.9 Å². The van der Waals surface area contributed by atoms with Crippen LogP contribution >= 0.6 is 0 Å². The minimum Gasteiger partial charge on any atom is -0.459 e. The van der Waals surface area contributed by atoms with Gasteiger partial charge in [0.25, 0.3) is 0 Å². The van der Waals surface area contributed by atoms with E-state index in [0.29, 0.717) is 23.1 Å². The second kappa shape index (κ2) is 12.5. The van der Waals surface area contributed by atoms with Crippen molar-refractivity contribution in [1.29, 1.82) is 0 Å². The van der Waals surface area contributed by atoms with Crippen LogP contribution in [0.2, 0.25) is 0 Å². The highest BCUT2D eigenvalue weighted by molar-refractivity contribution is 5.92. The van der Waals surface area contributed by atoms with Gasteiger partial charge in [-0.15, -0.1) is 5.73 Å². The fraction of sp³-hybridized carbons (Fsp3) is 0.556. The second-order valence-electron chi connectivity index (χ2n) is 9.57. The molecule has 3 aliphatic rings. The van der Waals surface area contributed by atoms with E-state index in [4.69, 9.17) is 23.7 Å². The Labute approximate surface area is 215 Å². The van der Waals surface area contributed by atoms with Crippen molar-refractivity contribution < 1.29 is 48.3 Å². The summed E-state index contributed by atoms with van der Waals surface area (Å²) in [6.45, 7) is 9.45. The van der Waals surface area contributed by atoms with Crippen LogP contribution in [-0.4, -0.2) is 80.2 Å². The molecule has 0 aromatic carbocycles. The number of aliphatic hydroxyl groups is 2. The summed E-state index contributed by atoms with van der Waals surface area (Å²) in [5.41, 5.74) is 5.85. The van der Waals surface area contributed by atoms with Crippen molar-refractivity contribution in [2.45, 2.75) is 45.2 Å². The molecule has 6 unspecified atom stereocenters. The average Bonchev–Trinajstić information content (AvgIpc) is 3.56. The maximum atomic E-state index is 12.6. The summed E-state index contributed by atoms with van der Waals surface area (Å²) in [6.07, 6.45) is 0.0963. The van der Waals surface area contributed by atoms with Gasteiger partial charge in [-0.05, 0) is 49.7 Å². The predicted molar refractivity (Wildman–Crippen MR) is 130 cm³/mol. The number of rotatable bonds is 14. The van der Waals surface area contributed by atoms with E-state index < -0.39 is 36.4 Å². The molecule has 0 spiro atoms. The molecule has 2 bridgehead atoms. The van der Waals surface area contributed by atoms with E-state index in [9.17, 15) is 24.6 Å². The number of hydrogen-bond acceptors (Lipinski definition) is 10. The number of carbonyl (C=O) groups excluding carboxylic acids is 3. The van der Waals surface area contributed by atoms with Crippen molar-refractivity contribution in [1.82, 2.24) is 0 Å². The molecule has 3 aliphatic carbocycles. The SMILES string of the molecule is C=C(C)C(=O)OCC(O)COC(=O)C1=CC2CC1C1CC(C(=O)OCC(O)COC(OC)C(=C)C)=C=C21. The first kappa shape index (κ1) is 28.6. The third-order valence-corrected chi connectivity index (χ3v) is 6.40. The summed E-state index contributed by atoms with van der Waals surface area (Å²) in [5.74, 6) is -1.92. The number of esters is 3. The average molecular weight is 519 g/mol. The van der Waals surface area contributed by atoms with Crippen LogP contribution < -0.4 is 0 Å². The molecule has 10 heteroatoms. The quantitative estimate of drug-likeness (QED) is 0.0869. The lowest BCUT2D eigenvalue weighted by atomic mass is 9.83. The molecule has 1 saturated carbocycles. The summed E-state index contributed by atoms with van der Waals surface area (Å²) < 4.78 is 25.8. The molecule has 0 aromatic heterocycles. The summed E-state index contributed by atoms with van der Waals surface area (Å²) >= 11 is 0. The molecule has 2 N–H and O–H groups in total. The molecule has 6 atom stereocenters. The van der Waals surface area contributed by atoms with E-state index >= 15 is 0 Å². The largest absolute Gasteiger partial charge is 0.459 e. The van der Waals surface area contributed by atoms with Crippen LogP contribution in [0.4, 0.5) is 0 Å². The topological polar surface area (TPSA) is 138 Å². The second-order valence-corrected chi connectivity index (χ2v) is 9.57. The Bertz CT molecular complexity index is 1050. The molecule has 202 valence electrons. The van der Waals surface area contributed by atoms with Gasteiger partial charge in [0.1, 0.15) is 32.0 Å². The van der Waals surface area contributed by atoms with Crippen molar-refractivity contribution in [2.75, 3.05) is 33.5 Å². The lowest BCUT2D eigenvalue weighted by Crippen LogP contribution is -2.28. The lowest BCUT2D eigenvalue weighted by molar-refractivity contribution is -0.149. The third-order valence-electron chi connectivity index (χ3n) is 6.40. The Balaban J connectivity index is 1.47. The molecule has 0 radical (unpaired) electrons. The van der Waals surface area contributed by atoms with Crippen molar-refractivity contribution in [3.8, 4) is 0 Å². The molecule has 0 aliphatic heterocycles. The zero-order valence-corrected chi connectivity index (χ0v) is 21.4. The van der Waals surface area contributed by atoms with Gasteiger partial charge in [0, 0.05) is 24.2 Å². The smallest absolute Gasteiger partial charge is 0.341 e. The number of methoxy groups -OCH3 is 1. The summed E-state index contributed by atoms with van der Waals surface area (Å²) in [4.78, 5) is 36.6. The van der Waals surface area contributed by atoms with Crippen molar-refractivity contribution in [3.63, 3.8) is 0 Å². The molecule has 0 saturated heterocycles. The summed E-state index contributed by atoms with van der Waals surface area (Å²) in [5, 5.41) is 20.0. The maximum absolute atomic E-state index is 12.6. The van der Waals surface area contributed by atoms with Gasteiger partial charge in [0.15, 0.2) is 6.29 Å². The van der Waals surface area contributed by atoms with Crippen LogP contribution in [0.5, 0.6) is 0 Å². The maximum Gasteiger partial charge on any atom is 0.341 e. The highest BCUT2D eigenvalue weighted by Crippen LogP contribution is 2.55. The minimum atomic E-state index is -1.15. The van der Waals surface area contributed by atoms with E-state index in [2.05, 4.69) is 18.9 Å². The zero-order valence-electron chi connectivity index (χ0n) is 21.4. The van der Waals surface area contributed by atoms with Gasteiger partial charge in [-0.3, -0.25) is 0 Å². The monoisotopic (exact) mass is 518 g/mol. The van der Waals surface area contributed by atoms with Crippen molar-refractivity contribution in [2.24, 2.45) is 17.8 Å². The molecule has 0 aromatic rings. The first-order chi connectivity index (χ1) is 17.5. The van der Waals surface area contributed by atoms with Crippen LogP contribution in [0.3, 0.4) is 0 Å². The van der Waals surface area contributed by atoms with Crippen molar-refractivity contribution >= 4 is 17.9 Å². The number of ether oxygens (including phenoxy) is 5. The van der Waals surface area contributed by atoms with Gasteiger partial charge in [0.2, 0.25) is 0 Å². The van der Waals surface area contributed by atoms with Crippen LogP contribution in [0.1, 0.15) is 26.7 Å². The molecular formula is C27H34O10. The normalized spacial score (nSPS) is 23.7. The van der Waals surface area contributed by atoms with Gasteiger partial charge >= 0.3 is 17.9 Å². The molecular weight excluding hydrogens is 484 g/mol. The van der Waals surface area contributed by atoms with Gasteiger partial charge in [0.05, 0.1) is 12.2 Å². The molecule has 0 amide bonds. The van der Waals surface area contributed by atoms with Crippen LogP contribution in [-0.2, 0) is 38.1 Å². The Morgan fingerprint density at radius 3 is 2.24 bits per heavy atom. The third kappa shape index (κ3) is 7.06. The van der Waals surface area contributed by atoms with Crippen LogP contribution in [0, 0.1) is 17.8 Å². The predicted octanol–water partition coefficient (Wildman–Crippen LogP) is 1.53. The summed E-state index contributed by atoms with van der Waals surface area (Å²) in [7, 11) is 1.46. The molecule has 1 fully saturated rings. The van der Waals surface area contributed by atoms with Gasteiger partial charge in [-0.2, -0.15) is 0 Å². The fourth-order valence-corrected chi connectivity index (χ4v) is 4.65. The first-order valence-electron chi connectivity index (χ1n) is 12.1. The molecule has 37 heavy (non-hydrogen) atoms. The highest BCUT2D eigenvalue weighted by Gasteiger charge is 2.49. The van der Waals surface area contributed by atoms with Crippen molar-refractivity contribution in [3.05, 3.63) is 52.8 Å². The Kier molecular flexibility index (Phi) is 9.64. The number of allylic oxidation sites excluding steroid dienone is 1. The lowest BCUT2D eigenvalue weighted by Gasteiger charge is -2.22. The molecule has 0 heterocycles. The van der Waals surface area contributed by atoms with Crippen LogP contribution in [0.25, 0.3) is 0 Å². The van der Waals surface area contributed by atoms with Crippen LogP contribution in [0.15, 0.2) is 52.8 Å². The zero-order chi connectivity index (χ0) is 27.3. The Hall–Kier alpha value is -3.01. The molecule has 3 rings (SSSR count). The van der Waals surface area contributed by atoms with Gasteiger partial charge in [-0.1, -0.05) is 19.2 Å². The van der Waals surface area contributed by atoms with E-state index in [1.807, 2.05) is 6.08 Å². The number of fused-ring (bicyclic) bond motifs is 5. The summed E-state index contributed by atoms with van der Waals surface area (Å²) in [6, 6.07) is 0. The number of carbonyl (C=O) groups is 3. The van der Waals surface area contributed by atoms with E-state index in [1.165, 1.54) is 14.0 Å². The Morgan fingerprint density at radius 2 is 1.62 bits per heavy atom. The van der Waals surface area contributed by atoms with Gasteiger partial charge in [-0.25, -0.2) is 14.4 Å². The minimum absolute atomic E-state index is 0.0172. The standard InChI is InChI=1S/C27H34O10/c1-14(2)24(30)34-10-18(28)12-36-26(32)23-7-16-6-22(23)21-9-17(8-20(16)21)25(31)35-11-19(29)13-37-27(33-5)15(3)4/h7,16,18-19,21-22,27-29H,1,3,6,9-13H2,2,4-5H3. The van der Waals surface area contributed by atoms with E-state index in [0.717, 1.165) is 12.0 Å². The fourth-order valence-electron chi connectivity index (χ4n) is 4.65. The number of hydrogen-bond donors (Lipinski definition) is 2. The number of aliphatic hydroxyl groups excluding tert-OH is 2. The molecule has 10 nitrogen and oxygen atoms in total. The van der Waals surface area contributed by atoms with E-state index in [-0.39, 0.29) is 49.8 Å².